The van der Waals surface area contributed by atoms with Gasteiger partial charge in [0.15, 0.2) is 0 Å². The summed E-state index contributed by atoms with van der Waals surface area (Å²) in [6, 6.07) is 4.21. The number of ether oxygens (including phenoxy) is 1. The van der Waals surface area contributed by atoms with Crippen LogP contribution in [-0.2, 0) is 11.2 Å². The van der Waals surface area contributed by atoms with Crippen LogP contribution in [0.25, 0.3) is 0 Å². The van der Waals surface area contributed by atoms with Gasteiger partial charge in [-0.25, -0.2) is 0 Å². The van der Waals surface area contributed by atoms with Crippen LogP contribution in [0, 0.1) is 5.92 Å². The third kappa shape index (κ3) is 8.37. The minimum atomic E-state index is -0.419. The molecule has 1 rings (SSSR count). The Labute approximate surface area is 121 Å². The molecule has 19 heavy (non-hydrogen) atoms. The number of hydrogen-bond acceptors (Lipinski definition) is 4. The van der Waals surface area contributed by atoms with Crippen LogP contribution in [0.1, 0.15) is 32.1 Å². The summed E-state index contributed by atoms with van der Waals surface area (Å²) in [5.41, 5.74) is 0. The van der Waals surface area contributed by atoms with E-state index in [4.69, 9.17) is 4.74 Å². The summed E-state index contributed by atoms with van der Waals surface area (Å²) < 4.78 is 5.63. The Morgan fingerprint density at radius 1 is 1.37 bits per heavy atom. The summed E-state index contributed by atoms with van der Waals surface area (Å²) in [6.07, 6.45) is 1.87. The van der Waals surface area contributed by atoms with Gasteiger partial charge in [-0.05, 0) is 37.1 Å². The highest BCUT2D eigenvalue weighted by atomic mass is 32.1. The van der Waals surface area contributed by atoms with Gasteiger partial charge in [-0.3, -0.25) is 0 Å². The van der Waals surface area contributed by atoms with Crippen molar-refractivity contribution in [3.63, 3.8) is 0 Å². The molecule has 1 heterocycles. The van der Waals surface area contributed by atoms with Crippen LogP contribution in [0.2, 0.25) is 0 Å². The highest BCUT2D eigenvalue weighted by Gasteiger charge is 2.09. The van der Waals surface area contributed by atoms with Crippen LogP contribution in [0.5, 0.6) is 0 Å². The van der Waals surface area contributed by atoms with Crippen molar-refractivity contribution in [1.82, 2.24) is 5.32 Å². The molecular formula is C15H27NO2S. The zero-order valence-electron chi connectivity index (χ0n) is 12.3. The number of aliphatic hydroxyl groups excluding tert-OH is 1. The molecular weight excluding hydrogens is 258 g/mol. The monoisotopic (exact) mass is 285 g/mol. The molecule has 0 aromatic carbocycles. The Bertz CT molecular complexity index is 314. The fourth-order valence-electron chi connectivity index (χ4n) is 2.00. The molecule has 2 N–H and O–H groups in total. The molecule has 1 aromatic rings. The van der Waals surface area contributed by atoms with Gasteiger partial charge < -0.3 is 15.2 Å². The van der Waals surface area contributed by atoms with E-state index in [1.165, 1.54) is 4.88 Å². The number of nitrogens with one attached hydrogen (secondary N) is 1. The van der Waals surface area contributed by atoms with E-state index in [9.17, 15) is 5.11 Å². The lowest BCUT2D eigenvalue weighted by Gasteiger charge is -2.18. The zero-order valence-corrected chi connectivity index (χ0v) is 13.1. The van der Waals surface area contributed by atoms with Crippen molar-refractivity contribution in [3.05, 3.63) is 22.4 Å². The van der Waals surface area contributed by atoms with Crippen molar-refractivity contribution in [3.8, 4) is 0 Å². The first-order valence-electron chi connectivity index (χ1n) is 7.10. The Balaban J connectivity index is 2.00. The highest BCUT2D eigenvalue weighted by molar-refractivity contribution is 7.09. The van der Waals surface area contributed by atoms with Crippen molar-refractivity contribution in [2.24, 2.45) is 5.92 Å². The molecule has 2 atom stereocenters. The molecule has 1 aromatic heterocycles. The molecule has 0 spiro atoms. The van der Waals surface area contributed by atoms with E-state index in [2.05, 4.69) is 43.6 Å². The van der Waals surface area contributed by atoms with Crippen LogP contribution < -0.4 is 5.32 Å². The van der Waals surface area contributed by atoms with E-state index in [0.29, 0.717) is 19.1 Å². The van der Waals surface area contributed by atoms with Gasteiger partial charge in [0, 0.05) is 18.0 Å². The third-order valence-electron chi connectivity index (χ3n) is 2.88. The lowest BCUT2D eigenvalue weighted by Crippen LogP contribution is -2.32. The van der Waals surface area contributed by atoms with Crippen molar-refractivity contribution >= 4 is 11.3 Å². The van der Waals surface area contributed by atoms with E-state index in [1.54, 1.807) is 11.3 Å². The highest BCUT2D eigenvalue weighted by Crippen LogP contribution is 2.08. The first-order valence-corrected chi connectivity index (χ1v) is 7.98. The second-order valence-corrected chi connectivity index (χ2v) is 6.49. The van der Waals surface area contributed by atoms with Crippen LogP contribution in [0.15, 0.2) is 17.5 Å². The van der Waals surface area contributed by atoms with Crippen molar-refractivity contribution in [2.75, 3.05) is 19.7 Å². The van der Waals surface area contributed by atoms with Crippen molar-refractivity contribution < 1.29 is 9.84 Å². The van der Waals surface area contributed by atoms with Crippen LogP contribution >= 0.6 is 11.3 Å². The van der Waals surface area contributed by atoms with Gasteiger partial charge in [0.2, 0.25) is 0 Å². The summed E-state index contributed by atoms with van der Waals surface area (Å²) >= 11 is 1.77. The maximum absolute atomic E-state index is 9.80. The Kier molecular flexibility index (Phi) is 8.30. The SMILES string of the molecule is CC(C)CC(C)OCC(O)CNCCc1cccs1. The van der Waals surface area contributed by atoms with E-state index in [-0.39, 0.29) is 6.10 Å². The second-order valence-electron chi connectivity index (χ2n) is 5.46. The average Bonchev–Trinajstić information content (AvgIpc) is 2.84. The Hall–Kier alpha value is -0.420. The van der Waals surface area contributed by atoms with Gasteiger partial charge >= 0.3 is 0 Å². The van der Waals surface area contributed by atoms with Crippen molar-refractivity contribution in [2.45, 2.75) is 45.8 Å². The largest absolute Gasteiger partial charge is 0.389 e. The van der Waals surface area contributed by atoms with Gasteiger partial charge in [-0.1, -0.05) is 19.9 Å². The molecule has 0 saturated carbocycles. The molecule has 2 unspecified atom stereocenters. The molecule has 4 heteroatoms. The summed E-state index contributed by atoms with van der Waals surface area (Å²) in [6.45, 7) is 8.35. The summed E-state index contributed by atoms with van der Waals surface area (Å²) in [7, 11) is 0. The molecule has 0 amide bonds. The van der Waals surface area contributed by atoms with E-state index in [1.807, 2.05) is 0 Å². The Morgan fingerprint density at radius 2 is 2.16 bits per heavy atom. The molecule has 0 aliphatic heterocycles. The predicted molar refractivity (Wildman–Crippen MR) is 81.8 cm³/mol. The molecule has 0 radical (unpaired) electrons. The van der Waals surface area contributed by atoms with E-state index < -0.39 is 6.10 Å². The molecule has 110 valence electrons. The van der Waals surface area contributed by atoms with Gasteiger partial charge in [0.05, 0.1) is 18.8 Å². The molecule has 3 nitrogen and oxygen atoms in total. The number of rotatable bonds is 10. The molecule has 0 aliphatic rings. The standard InChI is InChI=1S/C15H27NO2S/c1-12(2)9-13(3)18-11-14(17)10-16-7-6-15-5-4-8-19-15/h4-5,8,12-14,16-17H,6-7,9-11H2,1-3H3. The quantitative estimate of drug-likeness (QED) is 0.650. The topological polar surface area (TPSA) is 41.5 Å². The first-order chi connectivity index (χ1) is 9.08. The smallest absolute Gasteiger partial charge is 0.0897 e. The van der Waals surface area contributed by atoms with Crippen molar-refractivity contribution in [1.29, 1.82) is 0 Å². The summed E-state index contributed by atoms with van der Waals surface area (Å²) in [5.74, 6) is 0.635. The summed E-state index contributed by atoms with van der Waals surface area (Å²) in [4.78, 5) is 1.38. The minimum absolute atomic E-state index is 0.223. The maximum Gasteiger partial charge on any atom is 0.0897 e. The number of aliphatic hydroxyl groups is 1. The third-order valence-corrected chi connectivity index (χ3v) is 3.82. The lowest BCUT2D eigenvalue weighted by molar-refractivity contribution is -0.00838. The van der Waals surface area contributed by atoms with Crippen LogP contribution in [0.3, 0.4) is 0 Å². The van der Waals surface area contributed by atoms with Crippen LogP contribution in [0.4, 0.5) is 0 Å². The first kappa shape index (κ1) is 16.6. The second kappa shape index (κ2) is 9.48. The Morgan fingerprint density at radius 3 is 2.79 bits per heavy atom. The summed E-state index contributed by atoms with van der Waals surface area (Å²) in [5, 5.41) is 15.2. The molecule has 0 fully saturated rings. The fraction of sp³-hybridized carbons (Fsp3) is 0.733. The van der Waals surface area contributed by atoms with Crippen LogP contribution in [-0.4, -0.2) is 37.0 Å². The van der Waals surface area contributed by atoms with Gasteiger partial charge in [-0.15, -0.1) is 11.3 Å². The maximum atomic E-state index is 9.80. The molecule has 0 bridgehead atoms. The predicted octanol–water partition coefficient (Wildman–Crippen LogP) is 2.69. The van der Waals surface area contributed by atoms with E-state index >= 15 is 0 Å². The normalized spacial score (nSPS) is 14.8. The molecule has 0 saturated heterocycles. The van der Waals surface area contributed by atoms with Gasteiger partial charge in [0.25, 0.3) is 0 Å². The number of thiophene rings is 1. The minimum Gasteiger partial charge on any atom is -0.389 e. The van der Waals surface area contributed by atoms with Gasteiger partial charge in [-0.2, -0.15) is 0 Å². The lowest BCUT2D eigenvalue weighted by atomic mass is 10.1. The molecule has 0 aliphatic carbocycles. The van der Waals surface area contributed by atoms with E-state index in [0.717, 1.165) is 19.4 Å². The fourth-order valence-corrected chi connectivity index (χ4v) is 2.71. The van der Waals surface area contributed by atoms with Gasteiger partial charge in [0.1, 0.15) is 0 Å². The zero-order chi connectivity index (χ0) is 14.1. The number of hydrogen-bond donors (Lipinski definition) is 2. The average molecular weight is 285 g/mol.